The minimum atomic E-state index is -1.09. The Bertz CT molecular complexity index is 316. The fourth-order valence-electron chi connectivity index (χ4n) is 2.02. The lowest BCUT2D eigenvalue weighted by Gasteiger charge is -2.23. The van der Waals surface area contributed by atoms with Crippen LogP contribution in [-0.4, -0.2) is 19.8 Å². The highest BCUT2D eigenvalue weighted by molar-refractivity contribution is 6.76. The molecule has 0 bridgehead atoms. The zero-order valence-corrected chi connectivity index (χ0v) is 12.1. The van der Waals surface area contributed by atoms with Crippen LogP contribution in [-0.2, 0) is 6.42 Å². The Morgan fingerprint density at radius 2 is 1.75 bits per heavy atom. The van der Waals surface area contributed by atoms with Crippen molar-refractivity contribution >= 4 is 19.7 Å². The maximum absolute atomic E-state index is 9.40. The lowest BCUT2D eigenvalue weighted by atomic mass is 10.0. The normalized spacial score (nSPS) is 13.8. The molecule has 0 fully saturated rings. The first-order valence-electron chi connectivity index (χ1n) is 5.76. The Kier molecular flexibility index (Phi) is 5.03. The first-order chi connectivity index (χ1) is 7.40. The summed E-state index contributed by atoms with van der Waals surface area (Å²) in [6.07, 6.45) is 0.956. The Hall–Kier alpha value is -0.313. The predicted molar refractivity (Wildman–Crippen MR) is 73.9 cm³/mol. The molecule has 1 aromatic rings. The van der Waals surface area contributed by atoms with Crippen molar-refractivity contribution in [3.8, 4) is 0 Å². The van der Waals surface area contributed by atoms with E-state index in [-0.39, 0.29) is 6.61 Å². The summed E-state index contributed by atoms with van der Waals surface area (Å²) in [6.45, 7) is 7.32. The summed E-state index contributed by atoms with van der Waals surface area (Å²) in [5.41, 5.74) is 1.27. The van der Waals surface area contributed by atoms with E-state index in [9.17, 15) is 5.11 Å². The highest BCUT2D eigenvalue weighted by atomic mass is 35.5. The number of benzene rings is 1. The average molecular weight is 257 g/mol. The van der Waals surface area contributed by atoms with Crippen molar-refractivity contribution in [3.63, 3.8) is 0 Å². The lowest BCUT2D eigenvalue weighted by molar-refractivity contribution is 0.236. The van der Waals surface area contributed by atoms with Gasteiger partial charge in [-0.1, -0.05) is 49.4 Å². The van der Waals surface area contributed by atoms with Crippen LogP contribution in [0.3, 0.4) is 0 Å². The monoisotopic (exact) mass is 256 g/mol. The minimum Gasteiger partial charge on any atom is -0.396 e. The number of halogens is 1. The molecule has 0 radical (unpaired) electrons. The van der Waals surface area contributed by atoms with Gasteiger partial charge in [-0.3, -0.25) is 0 Å². The Labute approximate surface area is 104 Å². The van der Waals surface area contributed by atoms with Gasteiger partial charge in [0.2, 0.25) is 0 Å². The van der Waals surface area contributed by atoms with Crippen LogP contribution >= 0.6 is 11.6 Å². The van der Waals surface area contributed by atoms with Crippen molar-refractivity contribution in [3.05, 3.63) is 34.9 Å². The molecule has 16 heavy (non-hydrogen) atoms. The van der Waals surface area contributed by atoms with Gasteiger partial charge in [-0.15, -0.1) is 0 Å². The summed E-state index contributed by atoms with van der Waals surface area (Å²) in [7, 11) is -1.09. The van der Waals surface area contributed by atoms with Crippen LogP contribution < -0.4 is 0 Å². The van der Waals surface area contributed by atoms with Gasteiger partial charge in [0.25, 0.3) is 0 Å². The largest absolute Gasteiger partial charge is 0.396 e. The zero-order valence-electron chi connectivity index (χ0n) is 10.3. The molecule has 0 aliphatic carbocycles. The maximum atomic E-state index is 9.40. The van der Waals surface area contributed by atoms with Gasteiger partial charge < -0.3 is 5.11 Å². The second kappa shape index (κ2) is 5.85. The standard InChI is InChI=1S/C13H21ClOSi/c1-16(2,3)10-12(9-15)8-11-4-6-13(14)7-5-11/h4-7,12,15H,8-10H2,1-3H3. The molecule has 0 heterocycles. The summed E-state index contributed by atoms with van der Waals surface area (Å²) in [4.78, 5) is 0. The molecule has 3 heteroatoms. The van der Waals surface area contributed by atoms with Crippen molar-refractivity contribution in [1.82, 2.24) is 0 Å². The van der Waals surface area contributed by atoms with Crippen molar-refractivity contribution in [1.29, 1.82) is 0 Å². The van der Waals surface area contributed by atoms with Crippen LogP contribution in [0.5, 0.6) is 0 Å². The van der Waals surface area contributed by atoms with Crippen LogP contribution in [0.25, 0.3) is 0 Å². The molecule has 1 N–H and O–H groups in total. The maximum Gasteiger partial charge on any atom is 0.0459 e. The molecule has 1 rings (SSSR count). The van der Waals surface area contributed by atoms with Crippen LogP contribution in [0.15, 0.2) is 24.3 Å². The van der Waals surface area contributed by atoms with E-state index in [0.717, 1.165) is 11.4 Å². The highest BCUT2D eigenvalue weighted by Gasteiger charge is 2.20. The van der Waals surface area contributed by atoms with Gasteiger partial charge in [0, 0.05) is 19.7 Å². The number of aliphatic hydroxyl groups excluding tert-OH is 1. The molecule has 0 saturated carbocycles. The summed E-state index contributed by atoms with van der Waals surface area (Å²) in [6, 6.07) is 9.11. The lowest BCUT2D eigenvalue weighted by Crippen LogP contribution is -2.26. The Morgan fingerprint density at radius 1 is 1.19 bits per heavy atom. The molecule has 1 unspecified atom stereocenters. The number of hydrogen-bond donors (Lipinski definition) is 1. The first kappa shape index (κ1) is 13.8. The molecule has 0 aliphatic heterocycles. The van der Waals surface area contributed by atoms with Gasteiger partial charge in [0.05, 0.1) is 0 Å². The van der Waals surface area contributed by atoms with Gasteiger partial charge in [-0.05, 0) is 30.0 Å². The molecule has 0 aromatic heterocycles. The number of rotatable bonds is 5. The van der Waals surface area contributed by atoms with Gasteiger partial charge in [-0.2, -0.15) is 0 Å². The third kappa shape index (κ3) is 5.15. The molecule has 0 amide bonds. The summed E-state index contributed by atoms with van der Waals surface area (Å²) in [5.74, 6) is 0.396. The molecule has 0 spiro atoms. The summed E-state index contributed by atoms with van der Waals surface area (Å²) in [5, 5.41) is 10.2. The Morgan fingerprint density at radius 3 is 2.19 bits per heavy atom. The highest BCUT2D eigenvalue weighted by Crippen LogP contribution is 2.21. The smallest absolute Gasteiger partial charge is 0.0459 e. The first-order valence-corrected chi connectivity index (χ1v) is 9.84. The molecule has 1 nitrogen and oxygen atoms in total. The van der Waals surface area contributed by atoms with E-state index in [4.69, 9.17) is 11.6 Å². The van der Waals surface area contributed by atoms with E-state index < -0.39 is 8.07 Å². The minimum absolute atomic E-state index is 0.285. The van der Waals surface area contributed by atoms with Crippen molar-refractivity contribution in [2.45, 2.75) is 32.1 Å². The van der Waals surface area contributed by atoms with E-state index in [0.29, 0.717) is 5.92 Å². The second-order valence-electron chi connectivity index (χ2n) is 5.64. The van der Waals surface area contributed by atoms with Crippen LogP contribution in [0.2, 0.25) is 30.7 Å². The second-order valence-corrected chi connectivity index (χ2v) is 11.6. The molecule has 90 valence electrons. The van der Waals surface area contributed by atoms with Gasteiger partial charge >= 0.3 is 0 Å². The Balaban J connectivity index is 2.60. The summed E-state index contributed by atoms with van der Waals surface area (Å²) < 4.78 is 0. The van der Waals surface area contributed by atoms with Crippen LogP contribution in [0.4, 0.5) is 0 Å². The topological polar surface area (TPSA) is 20.2 Å². The third-order valence-electron chi connectivity index (χ3n) is 2.60. The average Bonchev–Trinajstić information content (AvgIpc) is 2.18. The third-order valence-corrected chi connectivity index (χ3v) is 4.65. The molecular weight excluding hydrogens is 236 g/mol. The molecule has 1 aromatic carbocycles. The van der Waals surface area contributed by atoms with Gasteiger partial charge in [-0.25, -0.2) is 0 Å². The van der Waals surface area contributed by atoms with Crippen molar-refractivity contribution < 1.29 is 5.11 Å². The van der Waals surface area contributed by atoms with Crippen LogP contribution in [0, 0.1) is 5.92 Å². The summed E-state index contributed by atoms with van der Waals surface area (Å²) >= 11 is 5.85. The molecule has 1 atom stereocenters. The van der Waals surface area contributed by atoms with Gasteiger partial charge in [0.15, 0.2) is 0 Å². The van der Waals surface area contributed by atoms with E-state index in [1.807, 2.05) is 12.1 Å². The predicted octanol–water partition coefficient (Wildman–Crippen LogP) is 3.83. The number of hydrogen-bond acceptors (Lipinski definition) is 1. The quantitative estimate of drug-likeness (QED) is 0.794. The fourth-order valence-corrected chi connectivity index (χ4v) is 4.15. The van der Waals surface area contributed by atoms with Crippen molar-refractivity contribution in [2.24, 2.45) is 5.92 Å². The molecular formula is C13H21ClOSi. The van der Waals surface area contributed by atoms with Crippen LogP contribution in [0.1, 0.15) is 5.56 Å². The van der Waals surface area contributed by atoms with E-state index in [1.165, 1.54) is 11.6 Å². The van der Waals surface area contributed by atoms with E-state index in [1.54, 1.807) is 0 Å². The SMILES string of the molecule is C[Si](C)(C)CC(CO)Cc1ccc(Cl)cc1. The van der Waals surface area contributed by atoms with Crippen molar-refractivity contribution in [2.75, 3.05) is 6.61 Å². The van der Waals surface area contributed by atoms with E-state index >= 15 is 0 Å². The van der Waals surface area contributed by atoms with Gasteiger partial charge in [0.1, 0.15) is 0 Å². The molecule has 0 aliphatic rings. The van der Waals surface area contributed by atoms with E-state index in [2.05, 4.69) is 31.8 Å². The number of aliphatic hydroxyl groups is 1. The fraction of sp³-hybridized carbons (Fsp3) is 0.538. The molecule has 0 saturated heterocycles. The zero-order chi connectivity index (χ0) is 12.2.